The summed E-state index contributed by atoms with van der Waals surface area (Å²) in [6, 6.07) is 1.76. The van der Waals surface area contributed by atoms with Crippen LogP contribution in [0.15, 0.2) is 9.85 Å². The van der Waals surface area contributed by atoms with Gasteiger partial charge in [0.25, 0.3) is 0 Å². The molecule has 2 rings (SSSR count). The number of carboxylic acid groups (broad SMARTS) is 1. The van der Waals surface area contributed by atoms with Crippen molar-refractivity contribution in [2.24, 2.45) is 0 Å². The number of aromatic nitrogens is 4. The molecule has 0 aliphatic carbocycles. The van der Waals surface area contributed by atoms with Crippen LogP contribution in [0, 0.1) is 6.92 Å². The van der Waals surface area contributed by atoms with Crippen molar-refractivity contribution >= 4 is 33.2 Å². The van der Waals surface area contributed by atoms with Gasteiger partial charge < -0.3 is 5.11 Å². The fourth-order valence-electron chi connectivity index (χ4n) is 1.78. The SMILES string of the molecule is CCC(CC(=O)O)n1nnnc1-c1cc(C)c(Br)s1. The van der Waals surface area contributed by atoms with Gasteiger partial charge in [-0.05, 0) is 51.3 Å². The highest BCUT2D eigenvalue weighted by Gasteiger charge is 2.21. The Labute approximate surface area is 122 Å². The lowest BCUT2D eigenvalue weighted by atomic mass is 10.1. The summed E-state index contributed by atoms with van der Waals surface area (Å²) >= 11 is 5.01. The molecule has 0 radical (unpaired) electrons. The number of thiophene rings is 1. The van der Waals surface area contributed by atoms with Crippen molar-refractivity contribution < 1.29 is 9.90 Å². The molecule has 6 nitrogen and oxygen atoms in total. The second-order valence-electron chi connectivity index (χ2n) is 4.17. The van der Waals surface area contributed by atoms with Gasteiger partial charge in [-0.2, -0.15) is 0 Å². The molecule has 0 amide bonds. The quantitative estimate of drug-likeness (QED) is 0.901. The zero-order chi connectivity index (χ0) is 14.0. The van der Waals surface area contributed by atoms with Crippen LogP contribution in [0.1, 0.15) is 31.4 Å². The van der Waals surface area contributed by atoms with Crippen LogP contribution in [0.2, 0.25) is 0 Å². The third-order valence-electron chi connectivity index (χ3n) is 2.80. The van der Waals surface area contributed by atoms with Gasteiger partial charge in [-0.1, -0.05) is 6.92 Å². The van der Waals surface area contributed by atoms with Gasteiger partial charge in [0, 0.05) is 0 Å². The number of halogens is 1. The first-order chi connectivity index (χ1) is 9.02. The van der Waals surface area contributed by atoms with Crippen molar-refractivity contribution in [2.45, 2.75) is 32.7 Å². The van der Waals surface area contributed by atoms with E-state index in [1.54, 1.807) is 4.68 Å². The summed E-state index contributed by atoms with van der Waals surface area (Å²) in [4.78, 5) is 11.8. The Kier molecular flexibility index (Phi) is 4.31. The highest BCUT2D eigenvalue weighted by atomic mass is 79.9. The number of aryl methyl sites for hydroxylation is 1. The lowest BCUT2D eigenvalue weighted by Crippen LogP contribution is -2.15. The molecule has 0 aliphatic rings. The predicted molar refractivity (Wildman–Crippen MR) is 75.1 cm³/mol. The maximum Gasteiger partial charge on any atom is 0.305 e. The first-order valence-corrected chi connectivity index (χ1v) is 7.39. The molecule has 2 heterocycles. The van der Waals surface area contributed by atoms with Crippen molar-refractivity contribution in [2.75, 3.05) is 0 Å². The Hall–Kier alpha value is -1.28. The standard InChI is InChI=1S/C11H13BrN4O2S/c1-3-7(5-9(17)18)16-11(13-14-15-16)8-4-6(2)10(12)19-8/h4,7H,3,5H2,1-2H3,(H,17,18). The molecule has 0 saturated heterocycles. The molecule has 1 atom stereocenters. The molecule has 1 N–H and O–H groups in total. The summed E-state index contributed by atoms with van der Waals surface area (Å²) in [5, 5.41) is 20.6. The van der Waals surface area contributed by atoms with Gasteiger partial charge in [0.05, 0.1) is 21.1 Å². The van der Waals surface area contributed by atoms with Crippen LogP contribution in [0.25, 0.3) is 10.7 Å². The Morgan fingerprint density at radius 2 is 2.37 bits per heavy atom. The van der Waals surface area contributed by atoms with E-state index in [-0.39, 0.29) is 12.5 Å². The topological polar surface area (TPSA) is 80.9 Å². The van der Waals surface area contributed by atoms with Gasteiger partial charge in [-0.15, -0.1) is 16.4 Å². The summed E-state index contributed by atoms with van der Waals surface area (Å²) in [5.41, 5.74) is 1.11. The minimum atomic E-state index is -0.850. The van der Waals surface area contributed by atoms with Gasteiger partial charge in [0.15, 0.2) is 5.82 Å². The second kappa shape index (κ2) is 5.79. The average Bonchev–Trinajstić information content (AvgIpc) is 2.94. The highest BCUT2D eigenvalue weighted by Crippen LogP contribution is 2.34. The molecule has 8 heteroatoms. The monoisotopic (exact) mass is 344 g/mol. The Morgan fingerprint density at radius 3 is 2.89 bits per heavy atom. The van der Waals surface area contributed by atoms with E-state index in [0.29, 0.717) is 12.2 Å². The lowest BCUT2D eigenvalue weighted by molar-refractivity contribution is -0.138. The Morgan fingerprint density at radius 1 is 1.63 bits per heavy atom. The summed E-state index contributed by atoms with van der Waals surface area (Å²) in [5.74, 6) is -0.233. The third-order valence-corrected chi connectivity index (χ3v) is 4.93. The third kappa shape index (κ3) is 3.01. The van der Waals surface area contributed by atoms with Crippen LogP contribution < -0.4 is 0 Å². The molecule has 0 fully saturated rings. The van der Waals surface area contributed by atoms with E-state index in [9.17, 15) is 4.79 Å². The fourth-order valence-corrected chi connectivity index (χ4v) is 3.29. The normalized spacial score (nSPS) is 12.6. The summed E-state index contributed by atoms with van der Waals surface area (Å²) in [6.45, 7) is 3.92. The minimum absolute atomic E-state index is 0.0140. The fraction of sp³-hybridized carbons (Fsp3) is 0.455. The number of carboxylic acids is 1. The molecule has 0 aliphatic heterocycles. The predicted octanol–water partition coefficient (Wildman–Crippen LogP) is 2.90. The van der Waals surface area contributed by atoms with E-state index >= 15 is 0 Å². The second-order valence-corrected chi connectivity index (χ2v) is 6.54. The van der Waals surface area contributed by atoms with Crippen molar-refractivity contribution in [1.29, 1.82) is 0 Å². The van der Waals surface area contributed by atoms with Crippen LogP contribution in [0.5, 0.6) is 0 Å². The summed E-state index contributed by atoms with van der Waals surface area (Å²) < 4.78 is 2.63. The number of hydrogen-bond acceptors (Lipinski definition) is 5. The molecule has 102 valence electrons. The number of aliphatic carboxylic acids is 1. The molecule has 19 heavy (non-hydrogen) atoms. The number of rotatable bonds is 5. The molecular weight excluding hydrogens is 332 g/mol. The minimum Gasteiger partial charge on any atom is -0.481 e. The number of hydrogen-bond donors (Lipinski definition) is 1. The van der Waals surface area contributed by atoms with E-state index < -0.39 is 5.97 Å². The van der Waals surface area contributed by atoms with E-state index in [0.717, 1.165) is 14.2 Å². The number of tetrazole rings is 1. The van der Waals surface area contributed by atoms with Crippen LogP contribution >= 0.6 is 27.3 Å². The van der Waals surface area contributed by atoms with Crippen LogP contribution in [0.4, 0.5) is 0 Å². The molecule has 1 unspecified atom stereocenters. The van der Waals surface area contributed by atoms with E-state index in [4.69, 9.17) is 5.11 Å². The molecule has 0 bridgehead atoms. The van der Waals surface area contributed by atoms with Gasteiger partial charge in [-0.3, -0.25) is 4.79 Å². The van der Waals surface area contributed by atoms with Crippen molar-refractivity contribution in [3.8, 4) is 10.7 Å². The molecule has 2 aromatic heterocycles. The lowest BCUT2D eigenvalue weighted by Gasteiger charge is -2.13. The highest BCUT2D eigenvalue weighted by molar-refractivity contribution is 9.11. The van der Waals surface area contributed by atoms with Crippen molar-refractivity contribution in [3.63, 3.8) is 0 Å². The van der Waals surface area contributed by atoms with Gasteiger partial charge in [-0.25, -0.2) is 4.68 Å². The zero-order valence-electron chi connectivity index (χ0n) is 10.5. The van der Waals surface area contributed by atoms with Crippen molar-refractivity contribution in [3.05, 3.63) is 15.4 Å². The smallest absolute Gasteiger partial charge is 0.305 e. The van der Waals surface area contributed by atoms with Crippen LogP contribution in [0.3, 0.4) is 0 Å². The zero-order valence-corrected chi connectivity index (χ0v) is 12.9. The van der Waals surface area contributed by atoms with Crippen LogP contribution in [-0.4, -0.2) is 31.3 Å². The molecular formula is C11H13BrN4O2S. The van der Waals surface area contributed by atoms with Gasteiger partial charge in [0.1, 0.15) is 0 Å². The van der Waals surface area contributed by atoms with Gasteiger partial charge in [0.2, 0.25) is 0 Å². The number of nitrogens with zero attached hydrogens (tertiary/aromatic N) is 4. The van der Waals surface area contributed by atoms with Crippen LogP contribution in [-0.2, 0) is 4.79 Å². The molecule has 2 aromatic rings. The average molecular weight is 345 g/mol. The van der Waals surface area contributed by atoms with E-state index in [1.807, 2.05) is 19.9 Å². The molecule has 0 spiro atoms. The van der Waals surface area contributed by atoms with E-state index in [2.05, 4.69) is 31.5 Å². The Balaban J connectivity index is 2.38. The Bertz CT molecular complexity index is 576. The maximum atomic E-state index is 10.9. The van der Waals surface area contributed by atoms with Crippen molar-refractivity contribution in [1.82, 2.24) is 20.2 Å². The largest absolute Gasteiger partial charge is 0.481 e. The van der Waals surface area contributed by atoms with Gasteiger partial charge >= 0.3 is 5.97 Å². The first kappa shape index (κ1) is 14.1. The number of carbonyl (C=O) groups is 1. The summed E-state index contributed by atoms with van der Waals surface area (Å²) in [7, 11) is 0. The molecule has 0 aromatic carbocycles. The molecule has 0 saturated carbocycles. The maximum absolute atomic E-state index is 10.9. The first-order valence-electron chi connectivity index (χ1n) is 5.78. The summed E-state index contributed by atoms with van der Waals surface area (Å²) in [6.07, 6.45) is 0.677. The van der Waals surface area contributed by atoms with E-state index in [1.165, 1.54) is 11.3 Å².